The van der Waals surface area contributed by atoms with Crippen molar-refractivity contribution in [2.24, 2.45) is 0 Å². The van der Waals surface area contributed by atoms with Crippen LogP contribution in [0.25, 0.3) is 0 Å². The van der Waals surface area contributed by atoms with Crippen molar-refractivity contribution in [3.8, 4) is 0 Å². The van der Waals surface area contributed by atoms with Crippen molar-refractivity contribution in [3.63, 3.8) is 0 Å². The third-order valence-electron chi connectivity index (χ3n) is 2.52. The zero-order chi connectivity index (χ0) is 15.1. The Morgan fingerprint density at radius 3 is 2.30 bits per heavy atom. The summed E-state index contributed by atoms with van der Waals surface area (Å²) in [6.07, 6.45) is -1.19. The van der Waals surface area contributed by atoms with E-state index in [4.69, 9.17) is 5.11 Å². The van der Waals surface area contributed by atoms with Crippen molar-refractivity contribution in [2.45, 2.75) is 13.0 Å². The van der Waals surface area contributed by atoms with Gasteiger partial charge in [-0.25, -0.2) is 4.79 Å². The summed E-state index contributed by atoms with van der Waals surface area (Å²) in [5, 5.41) is 13.3. The minimum Gasteiger partial charge on any atom is -0.479 e. The molecule has 1 rings (SSSR count). The van der Waals surface area contributed by atoms with Crippen molar-refractivity contribution in [3.05, 3.63) is 29.8 Å². The molecule has 1 unspecified atom stereocenters. The second-order valence-corrected chi connectivity index (χ2v) is 4.09. The van der Waals surface area contributed by atoms with Crippen LogP contribution in [-0.4, -0.2) is 42.6 Å². The molecule has 0 fully saturated rings. The largest absolute Gasteiger partial charge is 0.479 e. The molecule has 20 heavy (non-hydrogen) atoms. The molecule has 0 aliphatic carbocycles. The molecule has 108 valence electrons. The molecular formula is C13H16N2O5. The van der Waals surface area contributed by atoms with Gasteiger partial charge >= 0.3 is 17.8 Å². The van der Waals surface area contributed by atoms with E-state index in [1.165, 1.54) is 7.11 Å². The van der Waals surface area contributed by atoms with Crippen LogP contribution in [0.5, 0.6) is 0 Å². The molecule has 0 radical (unpaired) electrons. The number of aliphatic carboxylic acids is 1. The number of ether oxygens (including phenoxy) is 1. The first-order valence-corrected chi connectivity index (χ1v) is 5.85. The quantitative estimate of drug-likeness (QED) is 0.666. The Balaban J connectivity index is 2.49. The number of amides is 2. The number of carbonyl (C=O) groups excluding carboxylic acids is 2. The van der Waals surface area contributed by atoms with Crippen LogP contribution in [0.1, 0.15) is 5.56 Å². The number of aryl methyl sites for hydroxylation is 1. The van der Waals surface area contributed by atoms with E-state index in [0.717, 1.165) is 5.56 Å². The molecule has 0 saturated heterocycles. The first-order chi connectivity index (χ1) is 9.43. The molecule has 3 N–H and O–H groups in total. The third kappa shape index (κ3) is 4.69. The summed E-state index contributed by atoms with van der Waals surface area (Å²) in [7, 11) is 1.21. The number of carboxylic acids is 1. The molecule has 1 atom stereocenters. The maximum atomic E-state index is 11.6. The number of hydrogen-bond donors (Lipinski definition) is 3. The number of hydrogen-bond acceptors (Lipinski definition) is 4. The minimum atomic E-state index is -1.22. The number of carboxylic acid groups (broad SMARTS) is 1. The summed E-state index contributed by atoms with van der Waals surface area (Å²) in [6.45, 7) is 1.61. The fourth-order valence-corrected chi connectivity index (χ4v) is 1.36. The SMILES string of the molecule is COC(CNC(=O)C(=O)Nc1ccc(C)cc1)C(=O)O. The van der Waals surface area contributed by atoms with Gasteiger partial charge < -0.3 is 20.5 Å². The Labute approximate surface area is 115 Å². The van der Waals surface area contributed by atoms with Crippen LogP contribution in [0.2, 0.25) is 0 Å². The molecule has 0 heterocycles. The number of benzene rings is 1. The Kier molecular flexibility index (Phi) is 5.67. The molecular weight excluding hydrogens is 264 g/mol. The van der Waals surface area contributed by atoms with Gasteiger partial charge in [-0.2, -0.15) is 0 Å². The lowest BCUT2D eigenvalue weighted by atomic mass is 10.2. The molecule has 0 bridgehead atoms. The molecule has 0 spiro atoms. The van der Waals surface area contributed by atoms with Gasteiger partial charge in [-0.1, -0.05) is 17.7 Å². The summed E-state index contributed by atoms with van der Waals surface area (Å²) in [4.78, 5) is 33.7. The van der Waals surface area contributed by atoms with Crippen molar-refractivity contribution in [1.82, 2.24) is 5.32 Å². The number of rotatable bonds is 5. The predicted octanol–water partition coefficient (Wildman–Crippen LogP) is 0.149. The minimum absolute atomic E-state index is 0.286. The zero-order valence-corrected chi connectivity index (χ0v) is 11.2. The number of nitrogens with one attached hydrogen (secondary N) is 2. The van der Waals surface area contributed by atoms with Crippen molar-refractivity contribution in [2.75, 3.05) is 19.0 Å². The summed E-state index contributed by atoms with van der Waals surface area (Å²) in [5.74, 6) is -3.00. The lowest BCUT2D eigenvalue weighted by molar-refractivity contribution is -0.148. The Hall–Kier alpha value is -2.41. The van der Waals surface area contributed by atoms with Gasteiger partial charge in [-0.15, -0.1) is 0 Å². The normalized spacial score (nSPS) is 11.5. The van der Waals surface area contributed by atoms with Crippen molar-refractivity contribution < 1.29 is 24.2 Å². The van der Waals surface area contributed by atoms with E-state index in [1.807, 2.05) is 6.92 Å². The Bertz CT molecular complexity index is 498. The standard InChI is InChI=1S/C13H16N2O5/c1-8-3-5-9(6-4-8)15-12(17)11(16)14-7-10(20-2)13(18)19/h3-6,10H,7H2,1-2H3,(H,14,16)(H,15,17)(H,18,19). The molecule has 7 heteroatoms. The fourth-order valence-electron chi connectivity index (χ4n) is 1.36. The Morgan fingerprint density at radius 1 is 1.20 bits per heavy atom. The molecule has 1 aromatic rings. The summed E-state index contributed by atoms with van der Waals surface area (Å²) in [6, 6.07) is 6.91. The lowest BCUT2D eigenvalue weighted by Gasteiger charge is -2.11. The second-order valence-electron chi connectivity index (χ2n) is 4.09. The molecule has 1 aromatic carbocycles. The fraction of sp³-hybridized carbons (Fsp3) is 0.308. The zero-order valence-electron chi connectivity index (χ0n) is 11.2. The highest BCUT2D eigenvalue weighted by Gasteiger charge is 2.20. The van der Waals surface area contributed by atoms with Gasteiger partial charge in [-0.05, 0) is 19.1 Å². The van der Waals surface area contributed by atoms with Crippen molar-refractivity contribution >= 4 is 23.5 Å². The van der Waals surface area contributed by atoms with Gasteiger partial charge in [0.1, 0.15) is 0 Å². The molecule has 0 aromatic heterocycles. The van der Waals surface area contributed by atoms with Crippen LogP contribution in [0.3, 0.4) is 0 Å². The molecule has 7 nitrogen and oxygen atoms in total. The van der Waals surface area contributed by atoms with E-state index in [1.54, 1.807) is 24.3 Å². The highest BCUT2D eigenvalue weighted by atomic mass is 16.5. The molecule has 0 saturated carbocycles. The van der Waals surface area contributed by atoms with Crippen LogP contribution in [0.4, 0.5) is 5.69 Å². The monoisotopic (exact) mass is 280 g/mol. The highest BCUT2D eigenvalue weighted by molar-refractivity contribution is 6.39. The topological polar surface area (TPSA) is 105 Å². The maximum Gasteiger partial charge on any atom is 0.334 e. The van der Waals surface area contributed by atoms with E-state index < -0.39 is 23.9 Å². The molecule has 0 aliphatic heterocycles. The summed E-state index contributed by atoms with van der Waals surface area (Å²) < 4.78 is 4.63. The van der Waals surface area contributed by atoms with Gasteiger partial charge in [0, 0.05) is 12.8 Å². The maximum absolute atomic E-state index is 11.6. The lowest BCUT2D eigenvalue weighted by Crippen LogP contribution is -2.42. The van der Waals surface area contributed by atoms with Gasteiger partial charge in [0.15, 0.2) is 6.10 Å². The average molecular weight is 280 g/mol. The van der Waals surface area contributed by atoms with Crippen LogP contribution >= 0.6 is 0 Å². The predicted molar refractivity (Wildman–Crippen MR) is 71.3 cm³/mol. The van der Waals surface area contributed by atoms with Crippen LogP contribution < -0.4 is 10.6 Å². The average Bonchev–Trinajstić information content (AvgIpc) is 2.41. The van der Waals surface area contributed by atoms with E-state index in [-0.39, 0.29) is 6.54 Å². The van der Waals surface area contributed by atoms with E-state index in [2.05, 4.69) is 15.4 Å². The van der Waals surface area contributed by atoms with E-state index >= 15 is 0 Å². The molecule has 0 aliphatic rings. The highest BCUT2D eigenvalue weighted by Crippen LogP contribution is 2.08. The van der Waals surface area contributed by atoms with Crippen LogP contribution in [-0.2, 0) is 19.1 Å². The first-order valence-electron chi connectivity index (χ1n) is 5.85. The van der Waals surface area contributed by atoms with E-state index in [0.29, 0.717) is 5.69 Å². The van der Waals surface area contributed by atoms with Crippen molar-refractivity contribution in [1.29, 1.82) is 0 Å². The number of carbonyl (C=O) groups is 3. The van der Waals surface area contributed by atoms with Gasteiger partial charge in [-0.3, -0.25) is 9.59 Å². The van der Waals surface area contributed by atoms with Crippen LogP contribution in [0, 0.1) is 6.92 Å². The number of anilines is 1. The van der Waals surface area contributed by atoms with Gasteiger partial charge in [0.05, 0.1) is 6.54 Å². The second kappa shape index (κ2) is 7.25. The smallest absolute Gasteiger partial charge is 0.334 e. The Morgan fingerprint density at radius 2 is 1.80 bits per heavy atom. The molecule has 2 amide bonds. The van der Waals surface area contributed by atoms with Gasteiger partial charge in [0.25, 0.3) is 0 Å². The van der Waals surface area contributed by atoms with E-state index in [9.17, 15) is 14.4 Å². The van der Waals surface area contributed by atoms with Gasteiger partial charge in [0.2, 0.25) is 0 Å². The third-order valence-corrected chi connectivity index (χ3v) is 2.52. The summed E-state index contributed by atoms with van der Waals surface area (Å²) >= 11 is 0. The summed E-state index contributed by atoms with van der Waals surface area (Å²) in [5.41, 5.74) is 1.51. The first kappa shape index (κ1) is 15.6. The number of methoxy groups -OCH3 is 1. The van der Waals surface area contributed by atoms with Crippen LogP contribution in [0.15, 0.2) is 24.3 Å².